The van der Waals surface area contributed by atoms with E-state index in [1.807, 2.05) is 26.0 Å². The molecule has 2 amide bonds. The normalized spacial score (nSPS) is 18.9. The van der Waals surface area contributed by atoms with Crippen LogP contribution in [0.3, 0.4) is 0 Å². The van der Waals surface area contributed by atoms with Crippen LogP contribution in [0.2, 0.25) is 0 Å². The summed E-state index contributed by atoms with van der Waals surface area (Å²) >= 11 is 7.60. The first-order chi connectivity index (χ1) is 17.4. The van der Waals surface area contributed by atoms with Gasteiger partial charge in [0.1, 0.15) is 0 Å². The van der Waals surface area contributed by atoms with Crippen LogP contribution in [0.25, 0.3) is 6.08 Å². The summed E-state index contributed by atoms with van der Waals surface area (Å²) in [5.74, 6) is 0.554. The van der Waals surface area contributed by atoms with Gasteiger partial charge in [0.05, 0.1) is 15.6 Å². The van der Waals surface area contributed by atoms with Gasteiger partial charge in [-0.1, -0.05) is 56.2 Å². The van der Waals surface area contributed by atoms with E-state index in [4.69, 9.17) is 11.6 Å². The molecular weight excluding hydrogens is 492 g/mol. The SMILES string of the molecule is C/C(Cl)=C\c1sc(CCC(=O)NC(CNC(=O)/C=C/CN2CCCCC2)CC2CCCCC2)nc1C. The zero-order valence-electron chi connectivity index (χ0n) is 22.0. The van der Waals surface area contributed by atoms with Gasteiger partial charge >= 0.3 is 0 Å². The number of aryl methyl sites for hydroxylation is 2. The molecule has 0 radical (unpaired) electrons. The number of allylic oxidation sites excluding steroid dienone is 1. The summed E-state index contributed by atoms with van der Waals surface area (Å²) in [6, 6.07) is -0.0459. The Hall–Kier alpha value is -1.70. The summed E-state index contributed by atoms with van der Waals surface area (Å²) in [4.78, 5) is 33.3. The van der Waals surface area contributed by atoms with Crippen molar-refractivity contribution in [2.75, 3.05) is 26.2 Å². The fraction of sp³-hybridized carbons (Fsp3) is 0.679. The average Bonchev–Trinajstić information content (AvgIpc) is 3.21. The predicted octanol–water partition coefficient (Wildman–Crippen LogP) is 5.60. The standard InChI is InChI=1S/C28H43ClN4O2S/c1-21(29)18-25-22(2)31-28(36-25)14-13-27(35)32-24(19-23-10-5-3-6-11-23)20-30-26(34)12-9-17-33-15-7-4-8-16-33/h9,12,18,23-24H,3-8,10-11,13-17,19-20H2,1-2H3,(H,30,34)(H,32,35)/b12-9+,21-18+. The van der Waals surface area contributed by atoms with E-state index in [0.717, 1.165) is 46.7 Å². The lowest BCUT2D eigenvalue weighted by Gasteiger charge is -2.27. The Balaban J connectivity index is 1.48. The van der Waals surface area contributed by atoms with E-state index in [1.54, 1.807) is 17.4 Å². The number of hydrogen-bond acceptors (Lipinski definition) is 5. The number of nitrogens with zero attached hydrogens (tertiary/aromatic N) is 2. The zero-order valence-corrected chi connectivity index (χ0v) is 23.6. The molecule has 1 unspecified atom stereocenters. The van der Waals surface area contributed by atoms with Gasteiger partial charge in [0, 0.05) is 43.1 Å². The number of likely N-dealkylation sites (tertiary alicyclic amines) is 1. The van der Waals surface area contributed by atoms with Gasteiger partial charge in [-0.2, -0.15) is 0 Å². The molecule has 36 heavy (non-hydrogen) atoms. The molecule has 200 valence electrons. The molecule has 1 saturated heterocycles. The third-order valence-corrected chi connectivity index (χ3v) is 8.36. The van der Waals surface area contributed by atoms with Gasteiger partial charge in [-0.3, -0.25) is 14.5 Å². The summed E-state index contributed by atoms with van der Waals surface area (Å²) < 4.78 is 0. The van der Waals surface area contributed by atoms with Gasteiger partial charge in [-0.15, -0.1) is 11.3 Å². The lowest BCUT2D eigenvalue weighted by molar-refractivity contribution is -0.122. The second-order valence-corrected chi connectivity index (χ2v) is 12.0. The molecule has 3 rings (SSSR count). The summed E-state index contributed by atoms with van der Waals surface area (Å²) in [6.07, 6.45) is 17.5. The van der Waals surface area contributed by atoms with Crippen molar-refractivity contribution in [2.45, 2.75) is 90.5 Å². The molecule has 0 spiro atoms. The molecule has 6 nitrogen and oxygen atoms in total. The molecule has 0 aromatic carbocycles. The third kappa shape index (κ3) is 10.7. The topological polar surface area (TPSA) is 74.3 Å². The van der Waals surface area contributed by atoms with Crippen molar-refractivity contribution in [3.05, 3.63) is 32.8 Å². The molecular formula is C28H43ClN4O2S. The Morgan fingerprint density at radius 1 is 1.17 bits per heavy atom. The Morgan fingerprint density at radius 3 is 2.61 bits per heavy atom. The van der Waals surface area contributed by atoms with Crippen molar-refractivity contribution in [2.24, 2.45) is 5.92 Å². The van der Waals surface area contributed by atoms with Gasteiger partial charge < -0.3 is 10.6 Å². The highest BCUT2D eigenvalue weighted by Crippen LogP contribution is 2.27. The highest BCUT2D eigenvalue weighted by Gasteiger charge is 2.21. The Bertz CT molecular complexity index is 897. The molecule has 1 aromatic rings. The number of carbonyl (C=O) groups is 2. The molecule has 1 aromatic heterocycles. The maximum atomic E-state index is 12.8. The number of amides is 2. The highest BCUT2D eigenvalue weighted by molar-refractivity contribution is 7.12. The lowest BCUT2D eigenvalue weighted by atomic mass is 9.84. The molecule has 2 heterocycles. The molecule has 0 bridgehead atoms. The van der Waals surface area contributed by atoms with Gasteiger partial charge in [-0.25, -0.2) is 4.98 Å². The minimum atomic E-state index is -0.0802. The van der Waals surface area contributed by atoms with Crippen molar-refractivity contribution >= 4 is 40.8 Å². The van der Waals surface area contributed by atoms with E-state index in [0.29, 0.717) is 25.3 Å². The number of piperidine rings is 1. The van der Waals surface area contributed by atoms with Crippen LogP contribution in [0.15, 0.2) is 17.2 Å². The first-order valence-electron chi connectivity index (χ1n) is 13.6. The number of hydrogen-bond donors (Lipinski definition) is 2. The quantitative estimate of drug-likeness (QED) is 0.342. The molecule has 1 aliphatic carbocycles. The van der Waals surface area contributed by atoms with Crippen LogP contribution in [-0.2, 0) is 16.0 Å². The van der Waals surface area contributed by atoms with Crippen LogP contribution >= 0.6 is 22.9 Å². The minimum Gasteiger partial charge on any atom is -0.352 e. The highest BCUT2D eigenvalue weighted by atomic mass is 35.5. The lowest BCUT2D eigenvalue weighted by Crippen LogP contribution is -2.44. The van der Waals surface area contributed by atoms with Crippen LogP contribution < -0.4 is 10.6 Å². The molecule has 2 N–H and O–H groups in total. The summed E-state index contributed by atoms with van der Waals surface area (Å²) in [7, 11) is 0. The van der Waals surface area contributed by atoms with E-state index in [-0.39, 0.29) is 17.9 Å². The number of carbonyl (C=O) groups excluding carboxylic acids is 2. The van der Waals surface area contributed by atoms with Crippen LogP contribution in [0.4, 0.5) is 0 Å². The van der Waals surface area contributed by atoms with Gasteiger partial charge in [0.15, 0.2) is 0 Å². The first kappa shape index (κ1) is 28.9. The minimum absolute atomic E-state index is 0.0177. The molecule has 1 saturated carbocycles. The number of rotatable bonds is 12. The molecule has 8 heteroatoms. The molecule has 2 aliphatic rings. The van der Waals surface area contributed by atoms with Crippen molar-refractivity contribution in [1.82, 2.24) is 20.5 Å². The van der Waals surface area contributed by atoms with E-state index in [2.05, 4.69) is 20.5 Å². The van der Waals surface area contributed by atoms with E-state index in [9.17, 15) is 9.59 Å². The maximum Gasteiger partial charge on any atom is 0.243 e. The van der Waals surface area contributed by atoms with Crippen LogP contribution in [0, 0.1) is 12.8 Å². The maximum absolute atomic E-state index is 12.8. The number of nitrogens with one attached hydrogen (secondary N) is 2. The van der Waals surface area contributed by atoms with Gasteiger partial charge in [-0.05, 0) is 58.2 Å². The van der Waals surface area contributed by atoms with Crippen molar-refractivity contribution in [3.8, 4) is 0 Å². The summed E-state index contributed by atoms with van der Waals surface area (Å²) in [6.45, 7) is 7.35. The summed E-state index contributed by atoms with van der Waals surface area (Å²) in [5, 5.41) is 7.91. The third-order valence-electron chi connectivity index (χ3n) is 7.08. The molecule has 1 atom stereocenters. The Morgan fingerprint density at radius 2 is 1.89 bits per heavy atom. The van der Waals surface area contributed by atoms with Crippen molar-refractivity contribution < 1.29 is 9.59 Å². The van der Waals surface area contributed by atoms with E-state index in [1.165, 1.54) is 51.4 Å². The second-order valence-electron chi connectivity index (χ2n) is 10.3. The second kappa shape index (κ2) is 15.5. The van der Waals surface area contributed by atoms with Gasteiger partial charge in [0.25, 0.3) is 0 Å². The van der Waals surface area contributed by atoms with Crippen LogP contribution in [0.5, 0.6) is 0 Å². The zero-order chi connectivity index (χ0) is 25.8. The molecule has 1 aliphatic heterocycles. The van der Waals surface area contributed by atoms with Crippen molar-refractivity contribution in [3.63, 3.8) is 0 Å². The Labute approximate surface area is 226 Å². The summed E-state index contributed by atoms with van der Waals surface area (Å²) in [5.41, 5.74) is 0.946. The van der Waals surface area contributed by atoms with E-state index < -0.39 is 0 Å². The largest absolute Gasteiger partial charge is 0.352 e. The van der Waals surface area contributed by atoms with Gasteiger partial charge in [0.2, 0.25) is 11.8 Å². The first-order valence-corrected chi connectivity index (χ1v) is 14.8. The fourth-order valence-electron chi connectivity index (χ4n) is 5.16. The fourth-order valence-corrected chi connectivity index (χ4v) is 6.40. The number of halogens is 1. The van der Waals surface area contributed by atoms with Crippen LogP contribution in [0.1, 0.15) is 86.7 Å². The van der Waals surface area contributed by atoms with E-state index >= 15 is 0 Å². The monoisotopic (exact) mass is 534 g/mol. The number of thiazole rings is 1. The number of aromatic nitrogens is 1. The smallest absolute Gasteiger partial charge is 0.243 e. The Kier molecular flexibility index (Phi) is 12.5. The average molecular weight is 535 g/mol. The van der Waals surface area contributed by atoms with Crippen molar-refractivity contribution in [1.29, 1.82) is 0 Å². The molecule has 2 fully saturated rings. The predicted molar refractivity (Wildman–Crippen MR) is 150 cm³/mol. The van der Waals surface area contributed by atoms with Crippen LogP contribution in [-0.4, -0.2) is 53.9 Å².